The molecule has 1 aliphatic carbocycles. The van der Waals surface area contributed by atoms with Gasteiger partial charge in [-0.1, -0.05) is 0 Å². The van der Waals surface area contributed by atoms with Crippen molar-refractivity contribution in [3.05, 3.63) is 11.7 Å². The number of aromatic nitrogens is 3. The second kappa shape index (κ2) is 7.94. The lowest BCUT2D eigenvalue weighted by molar-refractivity contribution is -0.138. The second-order valence-electron chi connectivity index (χ2n) is 7.52. The molecule has 2 atom stereocenters. The molecule has 7 nitrogen and oxygen atoms in total. The van der Waals surface area contributed by atoms with Gasteiger partial charge in [0.05, 0.1) is 5.60 Å². The van der Waals surface area contributed by atoms with Crippen LogP contribution in [-0.4, -0.2) is 49.9 Å². The number of anilines is 2. The number of aliphatic hydroxyl groups is 1. The van der Waals surface area contributed by atoms with Gasteiger partial charge in [0.2, 0.25) is 5.95 Å². The van der Waals surface area contributed by atoms with Crippen molar-refractivity contribution in [1.29, 1.82) is 0 Å². The zero-order chi connectivity index (χ0) is 22.2. The van der Waals surface area contributed by atoms with Crippen molar-refractivity contribution in [2.24, 2.45) is 0 Å². The van der Waals surface area contributed by atoms with E-state index < -0.39 is 65.9 Å². The number of alkyl halides is 5. The van der Waals surface area contributed by atoms with Crippen LogP contribution in [-0.2, 0) is 4.84 Å². The predicted octanol–water partition coefficient (Wildman–Crippen LogP) is 3.85. The standard InChI is InChI=1S/C16H21F6N5O2/c1-7(16(20,21)22)23-12-24-11(25-13(26-12)27-29-14(2,3)4)8-5-6-15(18,19)10(28)9(8)17/h7,10,28H,5-6H2,1-4H3,(H2,23,24,25,26,27)/t7-,10?/m1/s1. The molecule has 0 aromatic carbocycles. The second-order valence-corrected chi connectivity index (χ2v) is 7.52. The predicted molar refractivity (Wildman–Crippen MR) is 91.6 cm³/mol. The molecule has 0 saturated carbocycles. The third-order valence-corrected chi connectivity index (χ3v) is 3.83. The van der Waals surface area contributed by atoms with E-state index in [1.165, 1.54) is 0 Å². The number of allylic oxidation sites excluding steroid dienone is 1. The van der Waals surface area contributed by atoms with Crippen LogP contribution in [0, 0.1) is 0 Å². The molecule has 164 valence electrons. The van der Waals surface area contributed by atoms with Crippen molar-refractivity contribution in [3.8, 4) is 0 Å². The summed E-state index contributed by atoms with van der Waals surface area (Å²) in [4.78, 5) is 16.5. The smallest absolute Gasteiger partial charge is 0.380 e. The zero-order valence-electron chi connectivity index (χ0n) is 16.0. The Morgan fingerprint density at radius 3 is 2.28 bits per heavy atom. The topological polar surface area (TPSA) is 92.2 Å². The van der Waals surface area contributed by atoms with Crippen LogP contribution in [0.1, 0.15) is 46.4 Å². The summed E-state index contributed by atoms with van der Waals surface area (Å²) < 4.78 is 79.8. The van der Waals surface area contributed by atoms with Gasteiger partial charge in [-0.05, 0) is 34.1 Å². The fraction of sp³-hybridized carbons (Fsp3) is 0.688. The van der Waals surface area contributed by atoms with E-state index in [-0.39, 0.29) is 5.95 Å². The molecule has 29 heavy (non-hydrogen) atoms. The highest BCUT2D eigenvalue weighted by Gasteiger charge is 2.46. The first-order valence-electron chi connectivity index (χ1n) is 8.58. The Kier molecular flexibility index (Phi) is 6.33. The van der Waals surface area contributed by atoms with E-state index in [1.54, 1.807) is 20.8 Å². The highest BCUT2D eigenvalue weighted by molar-refractivity contribution is 5.65. The van der Waals surface area contributed by atoms with E-state index in [9.17, 15) is 31.4 Å². The maximum atomic E-state index is 14.3. The Bertz CT molecular complexity index is 778. The van der Waals surface area contributed by atoms with Gasteiger partial charge in [0.15, 0.2) is 11.9 Å². The molecule has 1 heterocycles. The van der Waals surface area contributed by atoms with Gasteiger partial charge in [0.1, 0.15) is 11.9 Å². The summed E-state index contributed by atoms with van der Waals surface area (Å²) in [6.07, 6.45) is -8.74. The molecule has 0 radical (unpaired) electrons. The van der Waals surface area contributed by atoms with Gasteiger partial charge in [-0.25, -0.2) is 18.7 Å². The number of rotatable bonds is 5. The highest BCUT2D eigenvalue weighted by atomic mass is 19.4. The van der Waals surface area contributed by atoms with Crippen LogP contribution in [0.4, 0.5) is 38.2 Å². The van der Waals surface area contributed by atoms with Crippen molar-refractivity contribution < 1.29 is 36.3 Å². The quantitative estimate of drug-likeness (QED) is 0.484. The van der Waals surface area contributed by atoms with Gasteiger partial charge >= 0.3 is 6.18 Å². The fourth-order valence-corrected chi connectivity index (χ4v) is 2.21. The Labute approximate surface area is 162 Å². The molecule has 1 unspecified atom stereocenters. The molecular weight excluding hydrogens is 408 g/mol. The lowest BCUT2D eigenvalue weighted by atomic mass is 9.92. The largest absolute Gasteiger partial charge is 0.408 e. The molecule has 3 N–H and O–H groups in total. The molecule has 1 aliphatic rings. The third kappa shape index (κ3) is 5.92. The Hall–Kier alpha value is -2.15. The summed E-state index contributed by atoms with van der Waals surface area (Å²) in [7, 11) is 0. The van der Waals surface area contributed by atoms with E-state index in [4.69, 9.17) is 4.84 Å². The zero-order valence-corrected chi connectivity index (χ0v) is 16.0. The third-order valence-electron chi connectivity index (χ3n) is 3.83. The molecular formula is C16H21F6N5O2. The number of hydrogen-bond acceptors (Lipinski definition) is 7. The molecule has 1 aromatic rings. The summed E-state index contributed by atoms with van der Waals surface area (Å²) in [6, 6.07) is -2.06. The summed E-state index contributed by atoms with van der Waals surface area (Å²) in [5.41, 5.74) is 1.13. The number of halogens is 6. The molecule has 13 heteroatoms. The van der Waals surface area contributed by atoms with Crippen LogP contribution >= 0.6 is 0 Å². The van der Waals surface area contributed by atoms with E-state index in [2.05, 4.69) is 20.4 Å². The first-order chi connectivity index (χ1) is 13.1. The molecule has 0 bridgehead atoms. The Morgan fingerprint density at radius 2 is 1.72 bits per heavy atom. The van der Waals surface area contributed by atoms with Gasteiger partial charge < -0.3 is 10.4 Å². The maximum Gasteiger partial charge on any atom is 0.408 e. The molecule has 0 amide bonds. The Morgan fingerprint density at radius 1 is 1.14 bits per heavy atom. The lowest BCUT2D eigenvalue weighted by Gasteiger charge is -2.28. The van der Waals surface area contributed by atoms with Gasteiger partial charge in [0.25, 0.3) is 11.9 Å². The number of nitrogens with zero attached hydrogens (tertiary/aromatic N) is 3. The Balaban J connectivity index is 2.45. The first-order valence-corrected chi connectivity index (χ1v) is 8.58. The van der Waals surface area contributed by atoms with E-state index in [1.807, 2.05) is 5.32 Å². The molecule has 1 aromatic heterocycles. The summed E-state index contributed by atoms with van der Waals surface area (Å²) in [5.74, 6) is -6.67. The summed E-state index contributed by atoms with van der Waals surface area (Å²) in [6.45, 7) is 5.80. The molecule has 0 fully saturated rings. The number of hydrogen-bond donors (Lipinski definition) is 3. The maximum absolute atomic E-state index is 14.3. The van der Waals surface area contributed by atoms with Crippen LogP contribution in [0.5, 0.6) is 0 Å². The monoisotopic (exact) mass is 429 g/mol. The van der Waals surface area contributed by atoms with E-state index in [0.717, 1.165) is 6.92 Å². The fourth-order valence-electron chi connectivity index (χ4n) is 2.21. The van der Waals surface area contributed by atoms with Crippen LogP contribution in [0.3, 0.4) is 0 Å². The average Bonchev–Trinajstić information content (AvgIpc) is 2.56. The summed E-state index contributed by atoms with van der Waals surface area (Å²) >= 11 is 0. The van der Waals surface area contributed by atoms with E-state index in [0.29, 0.717) is 0 Å². The van der Waals surface area contributed by atoms with Gasteiger partial charge in [-0.15, -0.1) is 0 Å². The normalized spacial score (nSPS) is 21.1. The molecule has 0 saturated heterocycles. The van der Waals surface area contributed by atoms with Crippen molar-refractivity contribution >= 4 is 17.5 Å². The van der Waals surface area contributed by atoms with Gasteiger partial charge in [-0.3, -0.25) is 4.84 Å². The van der Waals surface area contributed by atoms with Gasteiger partial charge in [-0.2, -0.15) is 28.1 Å². The van der Waals surface area contributed by atoms with Crippen LogP contribution in [0.25, 0.3) is 5.57 Å². The van der Waals surface area contributed by atoms with Gasteiger partial charge in [0, 0.05) is 12.0 Å². The van der Waals surface area contributed by atoms with Crippen molar-refractivity contribution in [2.75, 3.05) is 10.8 Å². The van der Waals surface area contributed by atoms with Crippen molar-refractivity contribution in [1.82, 2.24) is 15.0 Å². The van der Waals surface area contributed by atoms with Crippen molar-refractivity contribution in [3.63, 3.8) is 0 Å². The number of aliphatic hydroxyl groups excluding tert-OH is 1. The number of nitrogens with one attached hydrogen (secondary N) is 2. The van der Waals surface area contributed by atoms with Crippen LogP contribution < -0.4 is 10.8 Å². The average molecular weight is 429 g/mol. The molecule has 0 aliphatic heterocycles. The van der Waals surface area contributed by atoms with Crippen molar-refractivity contribution in [2.45, 2.75) is 70.4 Å². The minimum Gasteiger partial charge on any atom is -0.380 e. The SMILES string of the molecule is C[C@@H](Nc1nc(NOC(C)(C)C)nc(C2=C(F)C(O)C(F)(F)CC2)n1)C(F)(F)F. The summed E-state index contributed by atoms with van der Waals surface area (Å²) in [5, 5.41) is 11.5. The van der Waals surface area contributed by atoms with E-state index >= 15 is 0 Å². The van der Waals surface area contributed by atoms with Crippen LogP contribution in [0.2, 0.25) is 0 Å². The molecule has 2 rings (SSSR count). The minimum absolute atomic E-state index is 0.367. The van der Waals surface area contributed by atoms with Crippen LogP contribution in [0.15, 0.2) is 5.83 Å². The first kappa shape index (κ1) is 23.1. The minimum atomic E-state index is -4.63. The lowest BCUT2D eigenvalue weighted by Crippen LogP contribution is -2.37. The molecule has 0 spiro atoms. The highest BCUT2D eigenvalue weighted by Crippen LogP contribution is 2.41.